The Kier molecular flexibility index (Phi) is 7.44. The van der Waals surface area contributed by atoms with Crippen molar-refractivity contribution in [3.8, 4) is 55.8 Å². The van der Waals surface area contributed by atoms with E-state index in [0.717, 1.165) is 27.9 Å². The first-order valence-corrected chi connectivity index (χ1v) is 20.6. The number of imidazole rings is 1. The average Bonchev–Trinajstić information content (AvgIpc) is 3.87. The standard InChI is InChI=1S/C55H34N2S/c1-3-11-35(12-4-1)44-29-45(36-13-5-2-6-14-36)31-46(30-44)39-21-19-37(20-22-39)38-23-25-41(26-24-38)51-34-49-48-28-27-40-15-9-10-18-47(40)53(48)58-54(49)55-56-50-32-42-16-7-8-17-43(42)33-52(50)57(51)55/h1-34H. The molecule has 0 spiro atoms. The zero-order valence-corrected chi connectivity index (χ0v) is 32.2. The minimum atomic E-state index is 1.01. The van der Waals surface area contributed by atoms with Crippen LogP contribution in [-0.4, -0.2) is 9.38 Å². The van der Waals surface area contributed by atoms with Crippen LogP contribution in [0.15, 0.2) is 206 Å². The monoisotopic (exact) mass is 754 g/mol. The molecule has 0 aliphatic carbocycles. The molecule has 0 saturated carbocycles. The van der Waals surface area contributed by atoms with E-state index in [2.05, 4.69) is 211 Å². The molecule has 0 aliphatic heterocycles. The summed E-state index contributed by atoms with van der Waals surface area (Å²) in [6.07, 6.45) is 0. The summed E-state index contributed by atoms with van der Waals surface area (Å²) >= 11 is 1.86. The van der Waals surface area contributed by atoms with Crippen LogP contribution in [0.1, 0.15) is 0 Å². The number of hydrogen-bond acceptors (Lipinski definition) is 2. The Morgan fingerprint density at radius 3 is 1.45 bits per heavy atom. The molecule has 0 radical (unpaired) electrons. The molecule has 3 aromatic heterocycles. The van der Waals surface area contributed by atoms with E-state index in [1.807, 2.05) is 11.3 Å². The molecule has 58 heavy (non-hydrogen) atoms. The second-order valence-electron chi connectivity index (χ2n) is 15.2. The van der Waals surface area contributed by atoms with Gasteiger partial charge in [0.15, 0.2) is 5.65 Å². The van der Waals surface area contributed by atoms with Gasteiger partial charge in [0.25, 0.3) is 0 Å². The topological polar surface area (TPSA) is 17.3 Å². The van der Waals surface area contributed by atoms with Gasteiger partial charge in [0.1, 0.15) is 0 Å². The smallest absolute Gasteiger partial charge is 0.156 e. The van der Waals surface area contributed by atoms with Gasteiger partial charge in [-0.1, -0.05) is 170 Å². The first-order valence-electron chi connectivity index (χ1n) is 19.8. The largest absolute Gasteiger partial charge is 0.291 e. The van der Waals surface area contributed by atoms with Gasteiger partial charge < -0.3 is 0 Å². The van der Waals surface area contributed by atoms with Gasteiger partial charge in [-0.15, -0.1) is 11.3 Å². The Hall–Kier alpha value is -7.33. The fourth-order valence-corrected chi connectivity index (χ4v) is 10.1. The van der Waals surface area contributed by atoms with Gasteiger partial charge in [-0.2, -0.15) is 0 Å². The second kappa shape index (κ2) is 13.1. The third kappa shape index (κ3) is 5.36. The summed E-state index contributed by atoms with van der Waals surface area (Å²) in [7, 11) is 0. The maximum Gasteiger partial charge on any atom is 0.156 e. The zero-order chi connectivity index (χ0) is 38.2. The fourth-order valence-electron chi connectivity index (χ4n) is 8.80. The van der Waals surface area contributed by atoms with E-state index < -0.39 is 0 Å². The van der Waals surface area contributed by atoms with Crippen LogP contribution in [0.2, 0.25) is 0 Å². The molecule has 0 aliphatic rings. The highest BCUT2D eigenvalue weighted by molar-refractivity contribution is 7.27. The van der Waals surface area contributed by atoms with Gasteiger partial charge in [0, 0.05) is 15.5 Å². The second-order valence-corrected chi connectivity index (χ2v) is 16.2. The number of fused-ring (bicyclic) bond motifs is 10. The molecule has 2 nitrogen and oxygen atoms in total. The van der Waals surface area contributed by atoms with Crippen molar-refractivity contribution < 1.29 is 0 Å². The minimum Gasteiger partial charge on any atom is -0.291 e. The van der Waals surface area contributed by atoms with Crippen LogP contribution in [-0.2, 0) is 0 Å². The molecular weight excluding hydrogens is 721 g/mol. The van der Waals surface area contributed by atoms with E-state index in [4.69, 9.17) is 4.98 Å². The lowest BCUT2D eigenvalue weighted by Crippen LogP contribution is -1.93. The van der Waals surface area contributed by atoms with Gasteiger partial charge in [0.05, 0.1) is 21.4 Å². The molecule has 3 heteroatoms. The first kappa shape index (κ1) is 32.9. The zero-order valence-electron chi connectivity index (χ0n) is 31.4. The SMILES string of the molecule is c1ccc(-c2cc(-c3ccccc3)cc(-c3ccc(-c4ccc(-c5cc6c7ccc8ccccc8c7sc6c6nc7cc8ccccc8cc7n56)cc4)cc3)c2)cc1. The highest BCUT2D eigenvalue weighted by atomic mass is 32.1. The van der Waals surface area contributed by atoms with Crippen molar-refractivity contribution in [1.82, 2.24) is 9.38 Å². The van der Waals surface area contributed by atoms with E-state index in [0.29, 0.717) is 0 Å². The lowest BCUT2D eigenvalue weighted by molar-refractivity contribution is 1.25. The molecule has 12 aromatic rings. The van der Waals surface area contributed by atoms with Gasteiger partial charge in [-0.3, -0.25) is 4.40 Å². The predicted molar refractivity (Wildman–Crippen MR) is 248 cm³/mol. The van der Waals surface area contributed by atoms with E-state index in [9.17, 15) is 0 Å². The van der Waals surface area contributed by atoms with Crippen LogP contribution in [0.4, 0.5) is 0 Å². The summed E-state index contributed by atoms with van der Waals surface area (Å²) in [5.74, 6) is 0. The first-order chi connectivity index (χ1) is 28.7. The molecule has 0 atom stereocenters. The van der Waals surface area contributed by atoms with Crippen molar-refractivity contribution >= 4 is 69.7 Å². The van der Waals surface area contributed by atoms with Crippen LogP contribution < -0.4 is 0 Å². The normalized spacial score (nSPS) is 11.8. The van der Waals surface area contributed by atoms with Crippen molar-refractivity contribution in [2.24, 2.45) is 0 Å². The Labute approximate surface area is 339 Å². The minimum absolute atomic E-state index is 1.01. The van der Waals surface area contributed by atoms with Gasteiger partial charge in [0.2, 0.25) is 0 Å². The van der Waals surface area contributed by atoms with Crippen LogP contribution in [0, 0.1) is 0 Å². The molecule has 0 saturated heterocycles. The summed E-state index contributed by atoms with van der Waals surface area (Å²) < 4.78 is 4.92. The summed E-state index contributed by atoms with van der Waals surface area (Å²) in [4.78, 5) is 5.37. The van der Waals surface area contributed by atoms with E-state index in [-0.39, 0.29) is 0 Å². The van der Waals surface area contributed by atoms with Crippen molar-refractivity contribution in [3.63, 3.8) is 0 Å². The van der Waals surface area contributed by atoms with Gasteiger partial charge in [-0.05, 0) is 108 Å². The van der Waals surface area contributed by atoms with Crippen molar-refractivity contribution in [2.45, 2.75) is 0 Å². The van der Waals surface area contributed by atoms with Gasteiger partial charge >= 0.3 is 0 Å². The van der Waals surface area contributed by atoms with Crippen LogP contribution in [0.25, 0.3) is 114 Å². The molecular formula is C55H34N2S. The molecule has 0 unspecified atom stereocenters. The van der Waals surface area contributed by atoms with Gasteiger partial charge in [-0.25, -0.2) is 4.98 Å². The number of hydrogen-bond donors (Lipinski definition) is 0. The summed E-state index contributed by atoms with van der Waals surface area (Å²) in [6.45, 7) is 0. The lowest BCUT2D eigenvalue weighted by Gasteiger charge is -2.12. The molecule has 3 heterocycles. The number of nitrogens with zero attached hydrogens (tertiary/aromatic N) is 2. The number of thiophene rings is 1. The number of rotatable bonds is 5. The predicted octanol–water partition coefficient (Wildman–Crippen LogP) is 15.5. The quantitative estimate of drug-likeness (QED) is 0.171. The Balaban J connectivity index is 0.971. The maximum absolute atomic E-state index is 5.37. The third-order valence-electron chi connectivity index (χ3n) is 11.7. The molecule has 0 bridgehead atoms. The Morgan fingerprint density at radius 1 is 0.328 bits per heavy atom. The van der Waals surface area contributed by atoms with Crippen LogP contribution >= 0.6 is 11.3 Å². The molecule has 0 fully saturated rings. The molecule has 0 N–H and O–H groups in total. The van der Waals surface area contributed by atoms with Crippen LogP contribution in [0.5, 0.6) is 0 Å². The van der Waals surface area contributed by atoms with Crippen LogP contribution in [0.3, 0.4) is 0 Å². The van der Waals surface area contributed by atoms with E-state index in [1.54, 1.807) is 0 Å². The highest BCUT2D eigenvalue weighted by Gasteiger charge is 2.19. The molecule has 9 aromatic carbocycles. The molecule has 12 rings (SSSR count). The Morgan fingerprint density at radius 2 is 0.828 bits per heavy atom. The number of pyridine rings is 1. The van der Waals surface area contributed by atoms with Crippen molar-refractivity contribution in [1.29, 1.82) is 0 Å². The number of aromatic nitrogens is 2. The van der Waals surface area contributed by atoms with E-state index in [1.165, 1.54) is 86.2 Å². The molecule has 270 valence electrons. The van der Waals surface area contributed by atoms with E-state index >= 15 is 0 Å². The summed E-state index contributed by atoms with van der Waals surface area (Å²) in [5, 5.41) is 7.50. The lowest BCUT2D eigenvalue weighted by atomic mass is 9.92. The number of benzene rings is 9. The van der Waals surface area contributed by atoms with Crippen molar-refractivity contribution in [2.75, 3.05) is 0 Å². The third-order valence-corrected chi connectivity index (χ3v) is 13.0. The molecule has 0 amide bonds. The maximum atomic E-state index is 5.37. The fraction of sp³-hybridized carbons (Fsp3) is 0. The van der Waals surface area contributed by atoms with Crippen molar-refractivity contribution in [3.05, 3.63) is 206 Å². The summed E-state index contributed by atoms with van der Waals surface area (Å²) in [6, 6.07) is 75.1. The Bertz CT molecular complexity index is 3470. The summed E-state index contributed by atoms with van der Waals surface area (Å²) in [5.41, 5.74) is 15.1. The average molecular weight is 755 g/mol. The highest BCUT2D eigenvalue weighted by Crippen LogP contribution is 2.44.